The van der Waals surface area contributed by atoms with E-state index in [4.69, 9.17) is 0 Å². The fourth-order valence-corrected chi connectivity index (χ4v) is 0. The molecular formula is H2Cl4Li2OPd. The van der Waals surface area contributed by atoms with Crippen LogP contribution in [0.5, 0.6) is 0 Å². The molecule has 0 aromatic carbocycles. The zero-order valence-corrected chi connectivity index (χ0v) is 8.91. The first-order valence-electron chi connectivity index (χ1n) is 0. The van der Waals surface area contributed by atoms with Gasteiger partial charge in [0, 0.05) is 0 Å². The van der Waals surface area contributed by atoms with Crippen LogP contribution in [0.3, 0.4) is 0 Å². The van der Waals surface area contributed by atoms with Crippen molar-refractivity contribution in [2.75, 3.05) is 0 Å². The van der Waals surface area contributed by atoms with E-state index in [9.17, 15) is 0 Å². The van der Waals surface area contributed by atoms with Crippen molar-refractivity contribution < 1.29 is 113 Å². The fraction of sp³-hybridized carbons (Fsp3) is 0. The monoisotopic (exact) mass is 278 g/mol. The summed E-state index contributed by atoms with van der Waals surface area (Å²) in [7, 11) is 0. The van der Waals surface area contributed by atoms with Crippen LogP contribution in [-0.4, -0.2) is 5.48 Å². The number of rotatable bonds is 0. The number of hydrogen-bond acceptors (Lipinski definition) is 0. The summed E-state index contributed by atoms with van der Waals surface area (Å²) < 4.78 is 0. The molecule has 0 aromatic heterocycles. The third-order valence-corrected chi connectivity index (χ3v) is 0. The summed E-state index contributed by atoms with van der Waals surface area (Å²) in [5.41, 5.74) is 0. The van der Waals surface area contributed by atoms with E-state index in [1.54, 1.807) is 0 Å². The molecule has 0 bridgehead atoms. The van der Waals surface area contributed by atoms with Gasteiger partial charge < -0.3 is 55.1 Å². The topological polar surface area (TPSA) is 31.5 Å². The Morgan fingerprint density at radius 3 is 0.500 bits per heavy atom. The Bertz CT molecular complexity index is 14.0. The first kappa shape index (κ1) is 123. The number of hydrogen-bond donors (Lipinski definition) is 0. The summed E-state index contributed by atoms with van der Waals surface area (Å²) in [5.74, 6) is 0. The van der Waals surface area contributed by atoms with Crippen molar-refractivity contribution in [3.63, 3.8) is 0 Å². The van der Waals surface area contributed by atoms with Crippen molar-refractivity contribution in [3.05, 3.63) is 0 Å². The normalized spacial score (nSPS) is 0. The van der Waals surface area contributed by atoms with Crippen LogP contribution in [0.15, 0.2) is 0 Å². The van der Waals surface area contributed by atoms with Gasteiger partial charge in [-0.25, -0.2) is 0 Å². The van der Waals surface area contributed by atoms with Crippen LogP contribution in [0.1, 0.15) is 0 Å². The maximum atomic E-state index is 0. The maximum absolute atomic E-state index is 0. The molecule has 48 valence electrons. The van der Waals surface area contributed by atoms with Crippen LogP contribution in [0.2, 0.25) is 0 Å². The Hall–Kier alpha value is 2.98. The van der Waals surface area contributed by atoms with Crippen molar-refractivity contribution >= 4 is 0 Å². The Kier molecular flexibility index (Phi) is 1400. The summed E-state index contributed by atoms with van der Waals surface area (Å²) in [6, 6.07) is 0. The summed E-state index contributed by atoms with van der Waals surface area (Å²) in [6.07, 6.45) is 0. The van der Waals surface area contributed by atoms with Crippen molar-refractivity contribution in [1.82, 2.24) is 0 Å². The largest absolute Gasteiger partial charge is 2.00 e. The van der Waals surface area contributed by atoms with Gasteiger partial charge in [-0.05, 0) is 0 Å². The van der Waals surface area contributed by atoms with E-state index in [-0.39, 0.29) is 113 Å². The third-order valence-electron chi connectivity index (χ3n) is 0. The van der Waals surface area contributed by atoms with Gasteiger partial charge in [0.15, 0.2) is 0 Å². The molecule has 0 aliphatic heterocycles. The van der Waals surface area contributed by atoms with E-state index in [0.29, 0.717) is 0 Å². The van der Waals surface area contributed by atoms with E-state index in [1.165, 1.54) is 0 Å². The molecule has 0 spiro atoms. The Labute approximate surface area is 112 Å². The molecule has 0 unspecified atom stereocenters. The van der Waals surface area contributed by atoms with Gasteiger partial charge in [0.05, 0.1) is 0 Å². The van der Waals surface area contributed by atoms with Crippen LogP contribution in [0, 0.1) is 0 Å². The van der Waals surface area contributed by atoms with Gasteiger partial charge in [0.1, 0.15) is 0 Å². The zero-order valence-electron chi connectivity index (χ0n) is 4.33. The molecule has 0 radical (unpaired) electrons. The Balaban J connectivity index is 0. The van der Waals surface area contributed by atoms with Crippen LogP contribution in [0.25, 0.3) is 0 Å². The number of halogens is 4. The molecule has 2 N–H and O–H groups in total. The summed E-state index contributed by atoms with van der Waals surface area (Å²) in [5, 5.41) is 0. The van der Waals surface area contributed by atoms with Crippen molar-refractivity contribution in [3.8, 4) is 0 Å². The van der Waals surface area contributed by atoms with Gasteiger partial charge in [0.25, 0.3) is 0 Å². The molecule has 0 saturated heterocycles. The van der Waals surface area contributed by atoms with Crippen molar-refractivity contribution in [2.45, 2.75) is 0 Å². The minimum atomic E-state index is 0. The molecule has 0 aromatic rings. The third kappa shape index (κ3) is 64.5. The van der Waals surface area contributed by atoms with Crippen LogP contribution in [0.4, 0.5) is 0 Å². The van der Waals surface area contributed by atoms with Crippen LogP contribution in [-0.2, 0) is 20.4 Å². The van der Waals surface area contributed by atoms with E-state index in [1.807, 2.05) is 0 Å². The van der Waals surface area contributed by atoms with Gasteiger partial charge in [-0.3, -0.25) is 0 Å². The molecule has 0 aliphatic carbocycles. The Morgan fingerprint density at radius 1 is 0.500 bits per heavy atom. The van der Waals surface area contributed by atoms with Crippen molar-refractivity contribution in [1.29, 1.82) is 0 Å². The van der Waals surface area contributed by atoms with Gasteiger partial charge in [0.2, 0.25) is 0 Å². The summed E-state index contributed by atoms with van der Waals surface area (Å²) in [4.78, 5) is 0. The van der Waals surface area contributed by atoms with E-state index in [2.05, 4.69) is 0 Å². The molecule has 0 amide bonds. The zero-order chi connectivity index (χ0) is 0. The second-order valence-corrected chi connectivity index (χ2v) is 0. The van der Waals surface area contributed by atoms with Gasteiger partial charge >= 0.3 is 58.1 Å². The molecule has 1 nitrogen and oxygen atoms in total. The fourth-order valence-electron chi connectivity index (χ4n) is 0. The molecular weight excluding hydrogens is 278 g/mol. The Morgan fingerprint density at radius 2 is 0.500 bits per heavy atom. The van der Waals surface area contributed by atoms with Crippen LogP contribution < -0.4 is 87.3 Å². The second-order valence-electron chi connectivity index (χ2n) is 0. The average Bonchev–Trinajstić information content (AvgIpc) is 0. The predicted molar refractivity (Wildman–Crippen MR) is 3.61 cm³/mol. The van der Waals surface area contributed by atoms with Gasteiger partial charge in [-0.1, -0.05) is 0 Å². The van der Waals surface area contributed by atoms with Gasteiger partial charge in [-0.2, -0.15) is 0 Å². The van der Waals surface area contributed by atoms with E-state index in [0.717, 1.165) is 0 Å². The summed E-state index contributed by atoms with van der Waals surface area (Å²) >= 11 is 0. The maximum Gasteiger partial charge on any atom is 2.00 e. The predicted octanol–water partition coefficient (Wildman–Crippen LogP) is -18.8. The molecule has 0 aliphatic rings. The average molecular weight is 280 g/mol. The first-order chi connectivity index (χ1) is 0. The molecule has 8 heavy (non-hydrogen) atoms. The summed E-state index contributed by atoms with van der Waals surface area (Å²) in [6.45, 7) is 0. The minimum absolute atomic E-state index is 0. The molecule has 0 atom stereocenters. The molecule has 0 saturated carbocycles. The van der Waals surface area contributed by atoms with E-state index < -0.39 is 0 Å². The first-order valence-corrected chi connectivity index (χ1v) is 0. The molecule has 0 fully saturated rings. The smallest absolute Gasteiger partial charge is 1.00 e. The minimum Gasteiger partial charge on any atom is -1.00 e. The molecule has 0 heterocycles. The quantitative estimate of drug-likeness (QED) is 0.395. The van der Waals surface area contributed by atoms with Gasteiger partial charge in [-0.15, -0.1) is 0 Å². The second kappa shape index (κ2) is 90.7. The standard InChI is InChI=1S/4ClH.2Li.H2O.Pd/h4*1H;;;1H2;/q;;;;2*+1;;+2/p-4. The molecule has 8 heteroatoms. The van der Waals surface area contributed by atoms with Crippen LogP contribution >= 0.6 is 0 Å². The SMILES string of the molecule is O.[Cl-].[Cl-].[Cl-].[Cl-].[Li+].[Li+].[Pd+2]. The van der Waals surface area contributed by atoms with E-state index >= 15 is 0 Å². The van der Waals surface area contributed by atoms with Crippen molar-refractivity contribution in [2.24, 2.45) is 0 Å². The molecule has 0 rings (SSSR count).